The van der Waals surface area contributed by atoms with E-state index in [1.807, 2.05) is 0 Å². The van der Waals surface area contributed by atoms with Gasteiger partial charge in [0.05, 0.1) is 23.0 Å². The normalized spacial score (nSPS) is 16.6. The Morgan fingerprint density at radius 1 is 1.00 bits per heavy atom. The minimum absolute atomic E-state index is 0.0241. The summed E-state index contributed by atoms with van der Waals surface area (Å²) < 4.78 is 10.9. The van der Waals surface area contributed by atoms with Crippen LogP contribution in [0.25, 0.3) is 0 Å². The van der Waals surface area contributed by atoms with Gasteiger partial charge in [-0.15, -0.1) is 0 Å². The van der Waals surface area contributed by atoms with Crippen LogP contribution in [0, 0.1) is 20.2 Å². The number of nitrogens with zero attached hydrogens (tertiary/aromatic N) is 3. The van der Waals surface area contributed by atoms with Crippen LogP contribution in [0.2, 0.25) is 0 Å². The summed E-state index contributed by atoms with van der Waals surface area (Å²) in [6.07, 6.45) is -1.02. The van der Waals surface area contributed by atoms with Gasteiger partial charge in [-0.05, 0) is 29.8 Å². The Morgan fingerprint density at radius 3 is 2.11 bits per heavy atom. The van der Waals surface area contributed by atoms with E-state index in [9.17, 15) is 25.0 Å². The molecule has 0 saturated carbocycles. The number of carbonyl (C=O) groups is 1. The molecular formula is C17H15N3O7. The number of carbonyl (C=O) groups excluding carboxylic acids is 1. The molecule has 0 unspecified atom stereocenters. The van der Waals surface area contributed by atoms with Gasteiger partial charge in [-0.25, -0.2) is 4.79 Å². The Hall–Kier alpha value is -3.53. The molecule has 2 aromatic carbocycles. The molecule has 140 valence electrons. The monoisotopic (exact) mass is 373 g/mol. The minimum atomic E-state index is -0.598. The maximum absolute atomic E-state index is 12.3. The first-order valence-electron chi connectivity index (χ1n) is 8.01. The minimum Gasteiger partial charge on any atom is -0.410 e. The summed E-state index contributed by atoms with van der Waals surface area (Å²) in [4.78, 5) is 34.1. The Labute approximate surface area is 153 Å². The van der Waals surface area contributed by atoms with Gasteiger partial charge in [0.2, 0.25) is 0 Å². The van der Waals surface area contributed by atoms with Gasteiger partial charge in [0, 0.05) is 30.8 Å². The van der Waals surface area contributed by atoms with E-state index in [1.54, 1.807) is 12.1 Å². The van der Waals surface area contributed by atoms with E-state index in [-0.39, 0.29) is 30.3 Å². The Bertz CT molecular complexity index is 852. The average molecular weight is 373 g/mol. The van der Waals surface area contributed by atoms with Crippen molar-refractivity contribution in [2.24, 2.45) is 0 Å². The van der Waals surface area contributed by atoms with Gasteiger partial charge in [0.25, 0.3) is 11.4 Å². The molecule has 0 spiro atoms. The smallest absolute Gasteiger partial charge is 0.410 e. The van der Waals surface area contributed by atoms with Gasteiger partial charge >= 0.3 is 6.09 Å². The number of hydrogen-bond acceptors (Lipinski definition) is 7. The fourth-order valence-electron chi connectivity index (χ4n) is 2.63. The molecule has 2 aromatic rings. The maximum atomic E-state index is 12.3. The summed E-state index contributed by atoms with van der Waals surface area (Å²) in [6, 6.07) is 11.2. The van der Waals surface area contributed by atoms with Gasteiger partial charge < -0.3 is 14.4 Å². The molecule has 0 radical (unpaired) electrons. The quantitative estimate of drug-likeness (QED) is 0.595. The van der Waals surface area contributed by atoms with E-state index in [1.165, 1.54) is 41.3 Å². The zero-order valence-electron chi connectivity index (χ0n) is 14.0. The molecule has 0 aliphatic carbocycles. The fourth-order valence-corrected chi connectivity index (χ4v) is 2.63. The van der Waals surface area contributed by atoms with Crippen LogP contribution >= 0.6 is 0 Å². The number of hydrogen-bond donors (Lipinski definition) is 0. The summed E-state index contributed by atoms with van der Waals surface area (Å²) in [5.41, 5.74) is 0.594. The van der Waals surface area contributed by atoms with Crippen LogP contribution < -0.4 is 4.74 Å². The molecule has 0 bridgehead atoms. The van der Waals surface area contributed by atoms with Crippen LogP contribution in [-0.4, -0.2) is 40.5 Å². The van der Waals surface area contributed by atoms with Gasteiger partial charge in [-0.1, -0.05) is 0 Å². The lowest BCUT2D eigenvalue weighted by Gasteiger charge is -2.32. The molecule has 1 atom stereocenters. The topological polar surface area (TPSA) is 125 Å². The fraction of sp³-hybridized carbons (Fsp3) is 0.235. The summed E-state index contributed by atoms with van der Waals surface area (Å²) in [6.45, 7) is 0.843. The lowest BCUT2D eigenvalue weighted by Crippen LogP contribution is -2.43. The SMILES string of the molecule is O=C(Oc1ccc([N+](=O)[O-])cc1)N1CCO[C@@H](c2ccc([N+](=O)[O-])cc2)C1. The van der Waals surface area contributed by atoms with Crippen molar-refractivity contribution < 1.29 is 24.1 Å². The highest BCUT2D eigenvalue weighted by Gasteiger charge is 2.27. The third kappa shape index (κ3) is 4.36. The second-order valence-corrected chi connectivity index (χ2v) is 5.77. The highest BCUT2D eigenvalue weighted by molar-refractivity contribution is 5.71. The van der Waals surface area contributed by atoms with Crippen molar-refractivity contribution in [1.29, 1.82) is 0 Å². The number of morpholine rings is 1. The highest BCUT2D eigenvalue weighted by Crippen LogP contribution is 2.25. The third-order valence-electron chi connectivity index (χ3n) is 4.05. The molecule has 27 heavy (non-hydrogen) atoms. The zero-order chi connectivity index (χ0) is 19.4. The molecule has 10 nitrogen and oxygen atoms in total. The highest BCUT2D eigenvalue weighted by atomic mass is 16.6. The van der Waals surface area contributed by atoms with Crippen molar-refractivity contribution in [3.63, 3.8) is 0 Å². The predicted molar refractivity (Wildman–Crippen MR) is 92.5 cm³/mol. The number of nitro benzene ring substituents is 2. The molecule has 1 heterocycles. The summed E-state index contributed by atoms with van der Waals surface area (Å²) in [5.74, 6) is 0.198. The molecule has 3 rings (SSSR count). The van der Waals surface area contributed by atoms with Crippen molar-refractivity contribution >= 4 is 17.5 Å². The van der Waals surface area contributed by atoms with Crippen molar-refractivity contribution in [2.75, 3.05) is 19.7 Å². The van der Waals surface area contributed by atoms with E-state index in [0.717, 1.165) is 0 Å². The van der Waals surface area contributed by atoms with Gasteiger partial charge in [-0.3, -0.25) is 20.2 Å². The first kappa shape index (κ1) is 18.3. The third-order valence-corrected chi connectivity index (χ3v) is 4.05. The van der Waals surface area contributed by atoms with Crippen LogP contribution in [-0.2, 0) is 4.74 Å². The van der Waals surface area contributed by atoms with Crippen LogP contribution in [0.15, 0.2) is 48.5 Å². The molecule has 1 saturated heterocycles. The zero-order valence-corrected chi connectivity index (χ0v) is 14.0. The number of nitro groups is 2. The second kappa shape index (κ2) is 7.79. The number of non-ortho nitro benzene ring substituents is 2. The van der Waals surface area contributed by atoms with E-state index < -0.39 is 22.0 Å². The molecule has 1 aliphatic rings. The van der Waals surface area contributed by atoms with Crippen molar-refractivity contribution in [3.05, 3.63) is 74.3 Å². The molecule has 1 fully saturated rings. The summed E-state index contributed by atoms with van der Waals surface area (Å²) >= 11 is 0. The Kier molecular flexibility index (Phi) is 5.27. The molecule has 0 N–H and O–H groups in total. The van der Waals surface area contributed by atoms with Crippen molar-refractivity contribution in [2.45, 2.75) is 6.10 Å². The van der Waals surface area contributed by atoms with E-state index in [0.29, 0.717) is 12.1 Å². The van der Waals surface area contributed by atoms with Crippen molar-refractivity contribution in [3.8, 4) is 5.75 Å². The number of benzene rings is 2. The average Bonchev–Trinajstić information content (AvgIpc) is 2.68. The Morgan fingerprint density at radius 2 is 1.56 bits per heavy atom. The lowest BCUT2D eigenvalue weighted by molar-refractivity contribution is -0.385. The molecular weight excluding hydrogens is 358 g/mol. The number of ether oxygens (including phenoxy) is 2. The van der Waals surface area contributed by atoms with Crippen LogP contribution in [0.4, 0.5) is 16.2 Å². The largest absolute Gasteiger partial charge is 0.415 e. The Balaban J connectivity index is 1.63. The number of amides is 1. The van der Waals surface area contributed by atoms with Gasteiger partial charge in [0.1, 0.15) is 11.9 Å². The van der Waals surface area contributed by atoms with E-state index in [4.69, 9.17) is 9.47 Å². The first-order valence-corrected chi connectivity index (χ1v) is 8.01. The summed E-state index contributed by atoms with van der Waals surface area (Å²) in [7, 11) is 0. The number of rotatable bonds is 4. The van der Waals surface area contributed by atoms with E-state index >= 15 is 0 Å². The molecule has 10 heteroatoms. The van der Waals surface area contributed by atoms with Crippen LogP contribution in [0.3, 0.4) is 0 Å². The standard InChI is InChI=1S/C17H15N3O7/c21-17(27-15-7-5-14(6-8-15)20(24)25)18-9-10-26-16(11-18)12-1-3-13(4-2-12)19(22)23/h1-8,16H,9-11H2/t16-/m1/s1. The first-order chi connectivity index (χ1) is 12.9. The van der Waals surface area contributed by atoms with Gasteiger partial charge in [0.15, 0.2) is 0 Å². The molecule has 1 aliphatic heterocycles. The second-order valence-electron chi connectivity index (χ2n) is 5.77. The van der Waals surface area contributed by atoms with E-state index in [2.05, 4.69) is 0 Å². The van der Waals surface area contributed by atoms with Crippen LogP contribution in [0.1, 0.15) is 11.7 Å². The maximum Gasteiger partial charge on any atom is 0.415 e. The van der Waals surface area contributed by atoms with Crippen molar-refractivity contribution in [1.82, 2.24) is 4.90 Å². The molecule has 1 amide bonds. The summed E-state index contributed by atoms with van der Waals surface area (Å²) in [5, 5.41) is 21.4. The predicted octanol–water partition coefficient (Wildman–Crippen LogP) is 3.08. The van der Waals surface area contributed by atoms with Gasteiger partial charge in [-0.2, -0.15) is 0 Å². The van der Waals surface area contributed by atoms with Crippen LogP contribution in [0.5, 0.6) is 5.75 Å². The lowest BCUT2D eigenvalue weighted by atomic mass is 10.1. The molecule has 0 aromatic heterocycles.